The van der Waals surface area contributed by atoms with Crippen LogP contribution in [0.5, 0.6) is 0 Å². The van der Waals surface area contributed by atoms with Gasteiger partial charge >= 0.3 is 0 Å². The number of aliphatic hydroxyl groups is 1. The molecule has 0 aromatic carbocycles. The van der Waals surface area contributed by atoms with Gasteiger partial charge in [0.1, 0.15) is 6.04 Å². The van der Waals surface area contributed by atoms with Crippen LogP contribution in [0.2, 0.25) is 0 Å². The molecule has 31 heavy (non-hydrogen) atoms. The number of rotatable bonds is 6. The summed E-state index contributed by atoms with van der Waals surface area (Å²) in [4.78, 5) is 46.2. The zero-order valence-electron chi connectivity index (χ0n) is 18.6. The van der Waals surface area contributed by atoms with Gasteiger partial charge in [0.15, 0.2) is 0 Å². The monoisotopic (exact) mass is 447 g/mol. The first-order chi connectivity index (χ1) is 14.9. The molecule has 0 radical (unpaired) electrons. The van der Waals surface area contributed by atoms with Gasteiger partial charge in [-0.2, -0.15) is 0 Å². The van der Waals surface area contributed by atoms with Gasteiger partial charge in [-0.25, -0.2) is 0 Å². The van der Waals surface area contributed by atoms with Crippen LogP contribution in [-0.4, -0.2) is 92.9 Å². The van der Waals surface area contributed by atoms with Crippen molar-refractivity contribution in [3.05, 3.63) is 24.3 Å². The van der Waals surface area contributed by atoms with Crippen LogP contribution < -0.4 is 0 Å². The molecule has 4 aliphatic heterocycles. The third-order valence-electron chi connectivity index (χ3n) is 7.19. The number of carbonyl (C=O) groups is 3. The van der Waals surface area contributed by atoms with E-state index in [0.29, 0.717) is 26.1 Å². The topological polar surface area (TPSA) is 81.2 Å². The van der Waals surface area contributed by atoms with Crippen molar-refractivity contribution in [1.82, 2.24) is 14.7 Å². The minimum Gasteiger partial charge on any atom is -0.396 e. The van der Waals surface area contributed by atoms with Crippen molar-refractivity contribution in [3.8, 4) is 0 Å². The molecule has 3 amide bonds. The van der Waals surface area contributed by atoms with Gasteiger partial charge in [-0.3, -0.25) is 14.4 Å². The maximum atomic E-state index is 13.9. The smallest absolute Gasteiger partial charge is 0.247 e. The van der Waals surface area contributed by atoms with Crippen molar-refractivity contribution in [2.45, 2.75) is 55.2 Å². The van der Waals surface area contributed by atoms with Crippen molar-refractivity contribution in [1.29, 1.82) is 0 Å². The van der Waals surface area contributed by atoms with Crippen LogP contribution >= 0.6 is 11.8 Å². The molecule has 2 unspecified atom stereocenters. The molecular weight excluding hydrogens is 414 g/mol. The SMILES string of the molecule is CCCC(C)N1CC=C[C@]23S[C@@H]4C=CCN(C)C(=O)[C@@H]4[C@H]2C(=O)N(CCCO)C3C1=O. The Morgan fingerprint density at radius 2 is 1.97 bits per heavy atom. The summed E-state index contributed by atoms with van der Waals surface area (Å²) in [6.07, 6.45) is 10.4. The molecule has 4 heterocycles. The molecule has 6 atom stereocenters. The zero-order chi connectivity index (χ0) is 22.3. The van der Waals surface area contributed by atoms with Crippen LogP contribution in [0.3, 0.4) is 0 Å². The number of aliphatic hydroxyl groups excluding tert-OH is 1. The van der Waals surface area contributed by atoms with E-state index in [0.717, 1.165) is 12.8 Å². The second-order valence-corrected chi connectivity index (χ2v) is 10.6. The average Bonchev–Trinajstić information content (AvgIpc) is 3.06. The first kappa shape index (κ1) is 22.4. The van der Waals surface area contributed by atoms with E-state index in [1.807, 2.05) is 23.1 Å². The van der Waals surface area contributed by atoms with E-state index in [-0.39, 0.29) is 35.6 Å². The fourth-order valence-corrected chi connectivity index (χ4v) is 7.74. The van der Waals surface area contributed by atoms with Gasteiger partial charge in [0.2, 0.25) is 17.7 Å². The van der Waals surface area contributed by atoms with Gasteiger partial charge in [-0.05, 0) is 19.8 Å². The predicted octanol–water partition coefficient (Wildman–Crippen LogP) is 1.28. The number of hydrogen-bond donors (Lipinski definition) is 1. The number of nitrogens with zero attached hydrogens (tertiary/aromatic N) is 3. The molecule has 0 saturated carbocycles. The molecule has 1 N–H and O–H groups in total. The summed E-state index contributed by atoms with van der Waals surface area (Å²) >= 11 is 1.61. The molecule has 1 spiro atoms. The lowest BCUT2D eigenvalue weighted by Crippen LogP contribution is -2.55. The Bertz CT molecular complexity index is 815. The van der Waals surface area contributed by atoms with Crippen molar-refractivity contribution in [2.24, 2.45) is 11.8 Å². The lowest BCUT2D eigenvalue weighted by atomic mass is 9.78. The maximum absolute atomic E-state index is 13.9. The molecule has 2 saturated heterocycles. The van der Waals surface area contributed by atoms with Gasteiger partial charge in [0.05, 0.1) is 16.6 Å². The summed E-state index contributed by atoms with van der Waals surface area (Å²) in [5, 5.41) is 9.30. The van der Waals surface area contributed by atoms with Crippen LogP contribution in [-0.2, 0) is 14.4 Å². The second-order valence-electron chi connectivity index (χ2n) is 9.13. The number of likely N-dealkylation sites (N-methyl/N-ethyl adjacent to an activating group) is 1. The summed E-state index contributed by atoms with van der Waals surface area (Å²) in [6.45, 7) is 5.51. The molecule has 4 aliphatic rings. The summed E-state index contributed by atoms with van der Waals surface area (Å²) in [7, 11) is 1.77. The van der Waals surface area contributed by atoms with Crippen LogP contribution in [0.1, 0.15) is 33.1 Å². The Hall–Kier alpha value is -1.80. The minimum atomic E-state index is -0.752. The van der Waals surface area contributed by atoms with Crippen molar-refractivity contribution in [2.75, 3.05) is 33.3 Å². The maximum Gasteiger partial charge on any atom is 0.247 e. The highest BCUT2D eigenvalue weighted by Gasteiger charge is 2.70. The first-order valence-electron chi connectivity index (χ1n) is 11.4. The zero-order valence-corrected chi connectivity index (χ0v) is 19.4. The predicted molar refractivity (Wildman–Crippen MR) is 120 cm³/mol. The Morgan fingerprint density at radius 3 is 2.68 bits per heavy atom. The van der Waals surface area contributed by atoms with Crippen LogP contribution in [0.4, 0.5) is 0 Å². The minimum absolute atomic E-state index is 0.0261. The van der Waals surface area contributed by atoms with E-state index < -0.39 is 22.6 Å². The van der Waals surface area contributed by atoms with Gasteiger partial charge in [0.25, 0.3) is 0 Å². The third kappa shape index (κ3) is 3.42. The Balaban J connectivity index is 1.79. The van der Waals surface area contributed by atoms with Gasteiger partial charge in [-0.15, -0.1) is 11.8 Å². The molecule has 0 aromatic rings. The van der Waals surface area contributed by atoms with E-state index in [1.54, 1.807) is 28.6 Å². The Kier molecular flexibility index (Phi) is 6.23. The van der Waals surface area contributed by atoms with Gasteiger partial charge < -0.3 is 19.8 Å². The van der Waals surface area contributed by atoms with Crippen molar-refractivity contribution >= 4 is 29.5 Å². The largest absolute Gasteiger partial charge is 0.396 e. The van der Waals surface area contributed by atoms with E-state index in [4.69, 9.17) is 0 Å². The molecule has 0 aromatic heterocycles. The summed E-state index contributed by atoms with van der Waals surface area (Å²) < 4.78 is -0.752. The van der Waals surface area contributed by atoms with Crippen molar-refractivity contribution < 1.29 is 19.5 Å². The fourth-order valence-electron chi connectivity index (χ4n) is 5.73. The van der Waals surface area contributed by atoms with E-state index in [2.05, 4.69) is 19.9 Å². The Labute approximate surface area is 188 Å². The molecule has 170 valence electrons. The molecule has 0 aliphatic carbocycles. The molecule has 7 nitrogen and oxygen atoms in total. The van der Waals surface area contributed by atoms with Crippen LogP contribution in [0.25, 0.3) is 0 Å². The number of carbonyl (C=O) groups excluding carboxylic acids is 3. The third-order valence-corrected chi connectivity index (χ3v) is 8.93. The quantitative estimate of drug-likeness (QED) is 0.621. The van der Waals surface area contributed by atoms with Crippen LogP contribution in [0, 0.1) is 11.8 Å². The highest BCUT2D eigenvalue weighted by molar-refractivity contribution is 8.02. The van der Waals surface area contributed by atoms with E-state index in [9.17, 15) is 19.5 Å². The number of likely N-dealkylation sites (tertiary alicyclic amines) is 1. The van der Waals surface area contributed by atoms with Crippen molar-refractivity contribution in [3.63, 3.8) is 0 Å². The number of hydrogen-bond acceptors (Lipinski definition) is 5. The van der Waals surface area contributed by atoms with E-state index >= 15 is 0 Å². The van der Waals surface area contributed by atoms with Gasteiger partial charge in [0, 0.05) is 44.6 Å². The summed E-state index contributed by atoms with van der Waals surface area (Å²) in [5.41, 5.74) is 0. The number of amides is 3. The number of fused-ring (bicyclic) bond motifs is 2. The lowest BCUT2D eigenvalue weighted by molar-refractivity contribution is -0.144. The Morgan fingerprint density at radius 1 is 1.19 bits per heavy atom. The average molecular weight is 448 g/mol. The summed E-state index contributed by atoms with van der Waals surface area (Å²) in [6, 6.07) is -0.561. The fraction of sp³-hybridized carbons (Fsp3) is 0.696. The normalized spacial score (nSPS) is 35.7. The summed E-state index contributed by atoms with van der Waals surface area (Å²) in [5.74, 6) is -1.22. The molecular formula is C23H33N3O4S. The standard InChI is InChI=1S/C23H33N3O4S/c1-4-8-15(2)25-12-6-10-23-18(17-16(31-23)9-5-11-24(3)20(17)28)21(29)26(13-7-14-27)19(23)22(25)30/h5-6,9-10,15-19,27H,4,7-8,11-14H2,1-3H3/t15?,16-,17+,18+,19?,23+/m1/s1. The van der Waals surface area contributed by atoms with Gasteiger partial charge in [-0.1, -0.05) is 37.6 Å². The highest BCUT2D eigenvalue weighted by atomic mass is 32.2. The lowest BCUT2D eigenvalue weighted by Gasteiger charge is -2.37. The highest BCUT2D eigenvalue weighted by Crippen LogP contribution is 2.61. The molecule has 8 heteroatoms. The van der Waals surface area contributed by atoms with E-state index in [1.165, 1.54) is 0 Å². The second kappa shape index (κ2) is 8.62. The number of thioether (sulfide) groups is 1. The molecule has 0 bridgehead atoms. The molecule has 4 rings (SSSR count). The molecule has 2 fully saturated rings. The first-order valence-corrected chi connectivity index (χ1v) is 12.2. The van der Waals surface area contributed by atoms with Crippen LogP contribution in [0.15, 0.2) is 24.3 Å².